The van der Waals surface area contributed by atoms with E-state index in [-0.39, 0.29) is 5.91 Å². The zero-order chi connectivity index (χ0) is 15.9. The van der Waals surface area contributed by atoms with Crippen LogP contribution >= 0.6 is 23.1 Å². The molecule has 0 radical (unpaired) electrons. The van der Waals surface area contributed by atoms with Crippen LogP contribution in [0.4, 0.5) is 0 Å². The van der Waals surface area contributed by atoms with Gasteiger partial charge in [-0.1, -0.05) is 18.2 Å². The molecule has 0 bridgehead atoms. The lowest BCUT2D eigenvalue weighted by Gasteiger charge is -2.03. The lowest BCUT2D eigenvalue weighted by Crippen LogP contribution is -2.22. The summed E-state index contributed by atoms with van der Waals surface area (Å²) >= 11 is 3.33. The molecular formula is C18H17NO2S2. The Hall–Kier alpha value is -1.98. The molecule has 5 heteroatoms. The number of amides is 1. The van der Waals surface area contributed by atoms with Crippen LogP contribution in [-0.4, -0.2) is 11.7 Å². The summed E-state index contributed by atoms with van der Waals surface area (Å²) in [7, 11) is 0. The summed E-state index contributed by atoms with van der Waals surface area (Å²) in [6.07, 6.45) is 0.498. The molecule has 23 heavy (non-hydrogen) atoms. The number of thiophene rings is 1. The molecule has 0 fully saturated rings. The molecule has 0 aliphatic carbocycles. The van der Waals surface area contributed by atoms with E-state index in [9.17, 15) is 4.79 Å². The van der Waals surface area contributed by atoms with Crippen LogP contribution in [0.25, 0.3) is 11.3 Å². The number of hydrogen-bond acceptors (Lipinski definition) is 4. The van der Waals surface area contributed by atoms with Crippen LogP contribution in [0.15, 0.2) is 68.6 Å². The third kappa shape index (κ3) is 4.74. The minimum atomic E-state index is 0.0434. The van der Waals surface area contributed by atoms with Crippen LogP contribution in [0.5, 0.6) is 0 Å². The maximum absolute atomic E-state index is 11.9. The zero-order valence-electron chi connectivity index (χ0n) is 12.5. The van der Waals surface area contributed by atoms with Gasteiger partial charge < -0.3 is 9.73 Å². The summed E-state index contributed by atoms with van der Waals surface area (Å²) in [4.78, 5) is 13.1. The van der Waals surface area contributed by atoms with Crippen molar-refractivity contribution in [1.29, 1.82) is 0 Å². The molecule has 0 spiro atoms. The molecule has 0 unspecified atom stereocenters. The van der Waals surface area contributed by atoms with E-state index in [0.717, 1.165) is 22.8 Å². The molecule has 0 aliphatic rings. The van der Waals surface area contributed by atoms with Gasteiger partial charge in [0.05, 0.1) is 6.54 Å². The molecule has 1 N–H and O–H groups in total. The maximum atomic E-state index is 11.9. The van der Waals surface area contributed by atoms with E-state index < -0.39 is 0 Å². The van der Waals surface area contributed by atoms with Gasteiger partial charge in [0.1, 0.15) is 11.5 Å². The number of nitrogens with one attached hydrogen (secondary N) is 1. The van der Waals surface area contributed by atoms with E-state index in [4.69, 9.17) is 4.42 Å². The number of hydrogen-bond donors (Lipinski definition) is 1. The summed E-state index contributed by atoms with van der Waals surface area (Å²) in [5.41, 5.74) is 1.08. The summed E-state index contributed by atoms with van der Waals surface area (Å²) in [6.45, 7) is 0.430. The fourth-order valence-corrected chi connectivity index (χ4v) is 3.60. The van der Waals surface area contributed by atoms with Crippen molar-refractivity contribution in [2.24, 2.45) is 0 Å². The highest BCUT2D eigenvalue weighted by Gasteiger charge is 2.07. The molecule has 1 amide bonds. The number of carbonyl (C=O) groups excluding carboxylic acids is 1. The normalized spacial score (nSPS) is 10.6. The van der Waals surface area contributed by atoms with Crippen molar-refractivity contribution in [2.45, 2.75) is 17.9 Å². The standard InChI is InChI=1S/C18H17NO2S2/c20-18(9-11-23-16-4-2-1-3-5-16)19-12-15-6-7-17(21-15)14-8-10-22-13-14/h1-8,10,13H,9,11-12H2,(H,19,20). The van der Waals surface area contributed by atoms with E-state index in [2.05, 4.69) is 17.4 Å². The Labute approximate surface area is 143 Å². The van der Waals surface area contributed by atoms with Gasteiger partial charge >= 0.3 is 0 Å². The van der Waals surface area contributed by atoms with Gasteiger partial charge in [-0.15, -0.1) is 11.8 Å². The largest absolute Gasteiger partial charge is 0.459 e. The highest BCUT2D eigenvalue weighted by atomic mass is 32.2. The lowest BCUT2D eigenvalue weighted by molar-refractivity contribution is -0.120. The third-order valence-corrected chi connectivity index (χ3v) is 4.97. The fraction of sp³-hybridized carbons (Fsp3) is 0.167. The number of thioether (sulfide) groups is 1. The molecule has 3 nitrogen and oxygen atoms in total. The number of furan rings is 1. The molecule has 1 aromatic carbocycles. The first-order valence-electron chi connectivity index (χ1n) is 7.37. The minimum absolute atomic E-state index is 0.0434. The SMILES string of the molecule is O=C(CCSc1ccccc1)NCc1ccc(-c2ccsc2)o1. The molecule has 3 rings (SSSR count). The zero-order valence-corrected chi connectivity index (χ0v) is 14.2. The van der Waals surface area contributed by atoms with Crippen molar-refractivity contribution in [2.75, 3.05) is 5.75 Å². The van der Waals surface area contributed by atoms with Gasteiger partial charge in [0.25, 0.3) is 0 Å². The van der Waals surface area contributed by atoms with E-state index in [1.54, 1.807) is 23.1 Å². The minimum Gasteiger partial charge on any atom is -0.459 e. The van der Waals surface area contributed by atoms with Gasteiger partial charge in [0, 0.05) is 28.0 Å². The predicted molar refractivity (Wildman–Crippen MR) is 95.7 cm³/mol. The quantitative estimate of drug-likeness (QED) is 0.626. The Morgan fingerprint density at radius 1 is 1.13 bits per heavy atom. The number of rotatable bonds is 7. The van der Waals surface area contributed by atoms with Gasteiger partial charge in [0.2, 0.25) is 5.91 Å². The van der Waals surface area contributed by atoms with Crippen molar-refractivity contribution in [3.63, 3.8) is 0 Å². The second kappa shape index (κ2) is 8.04. The molecule has 118 valence electrons. The Morgan fingerprint density at radius 2 is 2.00 bits per heavy atom. The van der Waals surface area contributed by atoms with Gasteiger partial charge in [-0.25, -0.2) is 0 Å². The topological polar surface area (TPSA) is 42.2 Å². The van der Waals surface area contributed by atoms with Gasteiger partial charge in [-0.3, -0.25) is 4.79 Å². The molecule has 0 saturated carbocycles. The number of carbonyl (C=O) groups is 1. The van der Waals surface area contributed by atoms with Crippen LogP contribution < -0.4 is 5.32 Å². The summed E-state index contributed by atoms with van der Waals surface area (Å²) in [5.74, 6) is 2.43. The van der Waals surface area contributed by atoms with Crippen molar-refractivity contribution >= 4 is 29.0 Å². The molecule has 2 heterocycles. The average molecular weight is 343 g/mol. The maximum Gasteiger partial charge on any atom is 0.221 e. The van der Waals surface area contributed by atoms with Crippen LogP contribution in [0.2, 0.25) is 0 Å². The summed E-state index contributed by atoms with van der Waals surface area (Å²) in [6, 6.07) is 16.0. The highest BCUT2D eigenvalue weighted by Crippen LogP contribution is 2.24. The smallest absolute Gasteiger partial charge is 0.221 e. The van der Waals surface area contributed by atoms with Crippen molar-refractivity contribution in [3.8, 4) is 11.3 Å². The van der Waals surface area contributed by atoms with Gasteiger partial charge in [-0.2, -0.15) is 11.3 Å². The van der Waals surface area contributed by atoms with Crippen LogP contribution in [0.1, 0.15) is 12.2 Å². The van der Waals surface area contributed by atoms with Crippen LogP contribution in [-0.2, 0) is 11.3 Å². The molecule has 2 aromatic heterocycles. The van der Waals surface area contributed by atoms with E-state index in [1.807, 2.05) is 47.2 Å². The monoisotopic (exact) mass is 343 g/mol. The Kier molecular flexibility index (Phi) is 5.56. The molecule has 0 atom stereocenters. The second-order valence-electron chi connectivity index (χ2n) is 4.97. The first-order chi connectivity index (χ1) is 11.3. The Bertz CT molecular complexity index is 735. The average Bonchev–Trinajstić information content (AvgIpc) is 3.25. The van der Waals surface area contributed by atoms with Crippen LogP contribution in [0, 0.1) is 0 Å². The fourth-order valence-electron chi connectivity index (χ4n) is 2.09. The Morgan fingerprint density at radius 3 is 2.78 bits per heavy atom. The highest BCUT2D eigenvalue weighted by molar-refractivity contribution is 7.99. The van der Waals surface area contributed by atoms with Gasteiger partial charge in [0.15, 0.2) is 0 Å². The van der Waals surface area contributed by atoms with Crippen molar-refractivity contribution in [3.05, 3.63) is 65.1 Å². The Balaban J connectivity index is 1.41. The molecular weight excluding hydrogens is 326 g/mol. The molecule has 3 aromatic rings. The van der Waals surface area contributed by atoms with Crippen molar-refractivity contribution in [1.82, 2.24) is 5.32 Å². The summed E-state index contributed by atoms with van der Waals surface area (Å²) in [5, 5.41) is 6.96. The molecule has 0 saturated heterocycles. The van der Waals surface area contributed by atoms with Crippen LogP contribution in [0.3, 0.4) is 0 Å². The third-order valence-electron chi connectivity index (χ3n) is 3.27. The van der Waals surface area contributed by atoms with E-state index >= 15 is 0 Å². The predicted octanol–water partition coefficient (Wildman–Crippen LogP) is 4.81. The number of benzene rings is 1. The second-order valence-corrected chi connectivity index (χ2v) is 6.91. The lowest BCUT2D eigenvalue weighted by atomic mass is 10.3. The molecule has 0 aliphatic heterocycles. The van der Waals surface area contributed by atoms with Crippen molar-refractivity contribution < 1.29 is 9.21 Å². The van der Waals surface area contributed by atoms with Gasteiger partial charge in [-0.05, 0) is 35.7 Å². The first kappa shape index (κ1) is 15.9. The van der Waals surface area contributed by atoms with E-state index in [0.29, 0.717) is 13.0 Å². The van der Waals surface area contributed by atoms with E-state index in [1.165, 1.54) is 4.90 Å². The summed E-state index contributed by atoms with van der Waals surface area (Å²) < 4.78 is 5.74. The first-order valence-corrected chi connectivity index (χ1v) is 9.30.